The van der Waals surface area contributed by atoms with E-state index < -0.39 is 15.8 Å². The van der Waals surface area contributed by atoms with E-state index in [2.05, 4.69) is 0 Å². The third-order valence-corrected chi connectivity index (χ3v) is 5.19. The molecule has 1 rings (SSSR count). The van der Waals surface area contributed by atoms with Crippen molar-refractivity contribution in [3.63, 3.8) is 0 Å². The van der Waals surface area contributed by atoms with Gasteiger partial charge in [-0.15, -0.1) is 0 Å². The molecular formula is C13H21FN2O2S. The van der Waals surface area contributed by atoms with Crippen molar-refractivity contribution in [1.82, 2.24) is 4.31 Å². The van der Waals surface area contributed by atoms with Crippen LogP contribution in [0.1, 0.15) is 18.1 Å². The maximum Gasteiger partial charge on any atom is 0.243 e. The van der Waals surface area contributed by atoms with Crippen molar-refractivity contribution in [3.8, 4) is 0 Å². The molecule has 108 valence electrons. The summed E-state index contributed by atoms with van der Waals surface area (Å²) in [5.41, 5.74) is 6.35. The van der Waals surface area contributed by atoms with Gasteiger partial charge in [-0.2, -0.15) is 0 Å². The number of halogens is 1. The lowest BCUT2D eigenvalue weighted by molar-refractivity contribution is 0.404. The highest BCUT2D eigenvalue weighted by Gasteiger charge is 2.26. The Bertz CT molecular complexity index is 535. The summed E-state index contributed by atoms with van der Waals surface area (Å²) >= 11 is 0. The molecule has 0 aliphatic heterocycles. The molecule has 0 bridgehead atoms. The summed E-state index contributed by atoms with van der Waals surface area (Å²) in [6, 6.07) is 2.47. The number of rotatable bonds is 5. The maximum atomic E-state index is 13.2. The Kier molecular flexibility index (Phi) is 5.06. The molecule has 1 aromatic carbocycles. The predicted octanol–water partition coefficient (Wildman–Crippen LogP) is 1.66. The normalized spacial score (nSPS) is 13.8. The first-order valence-electron chi connectivity index (χ1n) is 6.13. The fourth-order valence-electron chi connectivity index (χ4n) is 2.07. The number of nitrogens with zero attached hydrogens (tertiary/aromatic N) is 1. The van der Waals surface area contributed by atoms with Crippen molar-refractivity contribution in [2.75, 3.05) is 20.1 Å². The smallest absolute Gasteiger partial charge is 0.243 e. The van der Waals surface area contributed by atoms with E-state index in [0.29, 0.717) is 24.2 Å². The maximum absolute atomic E-state index is 13.2. The van der Waals surface area contributed by atoms with Gasteiger partial charge in [0.25, 0.3) is 0 Å². The lowest BCUT2D eigenvalue weighted by Gasteiger charge is -2.22. The number of nitrogens with two attached hydrogens (primary N) is 1. The van der Waals surface area contributed by atoms with Crippen LogP contribution in [0, 0.1) is 25.6 Å². The summed E-state index contributed by atoms with van der Waals surface area (Å²) in [5.74, 6) is -0.354. The van der Waals surface area contributed by atoms with Crippen molar-refractivity contribution >= 4 is 10.0 Å². The molecule has 0 heterocycles. The summed E-state index contributed by atoms with van der Waals surface area (Å²) in [6.45, 7) is 5.85. The number of aryl methyl sites for hydroxylation is 2. The highest BCUT2D eigenvalue weighted by Crippen LogP contribution is 2.24. The van der Waals surface area contributed by atoms with Gasteiger partial charge in [-0.1, -0.05) is 6.92 Å². The summed E-state index contributed by atoms with van der Waals surface area (Å²) in [6.07, 6.45) is 0. The first-order valence-corrected chi connectivity index (χ1v) is 7.57. The van der Waals surface area contributed by atoms with Crippen LogP contribution in [0.5, 0.6) is 0 Å². The largest absolute Gasteiger partial charge is 0.330 e. The van der Waals surface area contributed by atoms with Crippen LogP contribution in [0.4, 0.5) is 4.39 Å². The molecule has 2 N–H and O–H groups in total. The molecule has 0 spiro atoms. The fourth-order valence-corrected chi connectivity index (χ4v) is 3.77. The minimum Gasteiger partial charge on any atom is -0.330 e. The van der Waals surface area contributed by atoms with Gasteiger partial charge in [-0.3, -0.25) is 0 Å². The SMILES string of the molecule is Cc1cc(F)cc(C)c1S(=O)(=O)N(C)CC(C)CN. The molecule has 1 atom stereocenters. The number of benzene rings is 1. The van der Waals surface area contributed by atoms with Gasteiger partial charge in [0, 0.05) is 13.6 Å². The van der Waals surface area contributed by atoms with Gasteiger partial charge in [-0.05, 0) is 49.6 Å². The van der Waals surface area contributed by atoms with Gasteiger partial charge in [0.15, 0.2) is 0 Å². The van der Waals surface area contributed by atoms with Gasteiger partial charge < -0.3 is 5.73 Å². The standard InChI is InChI=1S/C13H21FN2O2S/c1-9(7-15)8-16(4)19(17,18)13-10(2)5-12(14)6-11(13)3/h5-6,9H,7-8,15H2,1-4H3. The summed E-state index contributed by atoms with van der Waals surface area (Å²) in [4.78, 5) is 0.181. The zero-order valence-electron chi connectivity index (χ0n) is 11.8. The Morgan fingerprint density at radius 3 is 2.21 bits per heavy atom. The lowest BCUT2D eigenvalue weighted by Crippen LogP contribution is -2.34. The second-order valence-electron chi connectivity index (χ2n) is 5.00. The van der Waals surface area contributed by atoms with Crippen molar-refractivity contribution in [2.45, 2.75) is 25.7 Å². The zero-order valence-corrected chi connectivity index (χ0v) is 12.6. The molecule has 0 amide bonds. The Labute approximate surface area is 114 Å². The Balaban J connectivity index is 3.21. The fraction of sp³-hybridized carbons (Fsp3) is 0.538. The minimum absolute atomic E-state index is 0.0702. The van der Waals surface area contributed by atoms with E-state index in [-0.39, 0.29) is 10.8 Å². The first-order chi connectivity index (χ1) is 8.70. The second-order valence-corrected chi connectivity index (χ2v) is 6.98. The average molecular weight is 288 g/mol. The highest BCUT2D eigenvalue weighted by molar-refractivity contribution is 7.89. The molecule has 0 aromatic heterocycles. The van der Waals surface area contributed by atoms with Crippen molar-refractivity contribution < 1.29 is 12.8 Å². The molecule has 4 nitrogen and oxygen atoms in total. The van der Waals surface area contributed by atoms with Crippen molar-refractivity contribution in [3.05, 3.63) is 29.1 Å². The van der Waals surface area contributed by atoms with Crippen LogP contribution >= 0.6 is 0 Å². The quantitative estimate of drug-likeness (QED) is 0.896. The van der Waals surface area contributed by atoms with Crippen molar-refractivity contribution in [1.29, 1.82) is 0 Å². The van der Waals surface area contributed by atoms with E-state index in [1.54, 1.807) is 13.8 Å². The number of hydrogen-bond donors (Lipinski definition) is 1. The van der Waals surface area contributed by atoms with E-state index in [0.717, 1.165) is 0 Å². The Morgan fingerprint density at radius 2 is 1.79 bits per heavy atom. The van der Waals surface area contributed by atoms with Gasteiger partial charge in [0.1, 0.15) is 5.82 Å². The summed E-state index contributed by atoms with van der Waals surface area (Å²) in [7, 11) is -2.09. The van der Waals surface area contributed by atoms with E-state index in [1.165, 1.54) is 23.5 Å². The highest BCUT2D eigenvalue weighted by atomic mass is 32.2. The third kappa shape index (κ3) is 3.52. The van der Waals surface area contributed by atoms with Crippen LogP contribution in [0.15, 0.2) is 17.0 Å². The van der Waals surface area contributed by atoms with Crippen LogP contribution in [0.25, 0.3) is 0 Å². The molecule has 19 heavy (non-hydrogen) atoms. The number of hydrogen-bond acceptors (Lipinski definition) is 3. The molecule has 0 aliphatic carbocycles. The predicted molar refractivity (Wildman–Crippen MR) is 73.9 cm³/mol. The van der Waals surface area contributed by atoms with E-state index in [9.17, 15) is 12.8 Å². The lowest BCUT2D eigenvalue weighted by atomic mass is 10.1. The molecule has 0 saturated carbocycles. The monoisotopic (exact) mass is 288 g/mol. The van der Waals surface area contributed by atoms with Gasteiger partial charge in [0.2, 0.25) is 10.0 Å². The van der Waals surface area contributed by atoms with Gasteiger partial charge in [0.05, 0.1) is 4.90 Å². The molecule has 0 fully saturated rings. The Hall–Kier alpha value is -0.980. The van der Waals surface area contributed by atoms with E-state index >= 15 is 0 Å². The molecule has 0 saturated heterocycles. The average Bonchev–Trinajstić information content (AvgIpc) is 2.26. The third-order valence-electron chi connectivity index (χ3n) is 3.06. The summed E-state index contributed by atoms with van der Waals surface area (Å²) < 4.78 is 39.5. The number of sulfonamides is 1. The van der Waals surface area contributed by atoms with Crippen LogP contribution in [-0.2, 0) is 10.0 Å². The molecular weight excluding hydrogens is 267 g/mol. The van der Waals surface area contributed by atoms with Crippen LogP contribution in [0.3, 0.4) is 0 Å². The Morgan fingerprint density at radius 1 is 1.32 bits per heavy atom. The zero-order chi connectivity index (χ0) is 14.8. The topological polar surface area (TPSA) is 63.4 Å². The molecule has 1 unspecified atom stereocenters. The second kappa shape index (κ2) is 5.98. The van der Waals surface area contributed by atoms with Crippen LogP contribution < -0.4 is 5.73 Å². The molecule has 6 heteroatoms. The van der Waals surface area contributed by atoms with Gasteiger partial charge in [-0.25, -0.2) is 17.1 Å². The molecule has 1 aromatic rings. The van der Waals surface area contributed by atoms with E-state index in [1.807, 2.05) is 6.92 Å². The molecule has 0 aliphatic rings. The van der Waals surface area contributed by atoms with E-state index in [4.69, 9.17) is 5.73 Å². The van der Waals surface area contributed by atoms with Crippen LogP contribution in [-0.4, -0.2) is 32.9 Å². The van der Waals surface area contributed by atoms with Crippen LogP contribution in [0.2, 0.25) is 0 Å². The summed E-state index contributed by atoms with van der Waals surface area (Å²) in [5, 5.41) is 0. The van der Waals surface area contributed by atoms with Crippen molar-refractivity contribution in [2.24, 2.45) is 11.7 Å². The minimum atomic E-state index is -3.61. The molecule has 0 radical (unpaired) electrons. The first kappa shape index (κ1) is 16.1. The van der Waals surface area contributed by atoms with Gasteiger partial charge >= 0.3 is 0 Å².